The van der Waals surface area contributed by atoms with Crippen LogP contribution in [0.1, 0.15) is 64.7 Å². The second-order valence-corrected chi connectivity index (χ2v) is 4.00. The van der Waals surface area contributed by atoms with Crippen LogP contribution in [-0.4, -0.2) is 12.2 Å². The van der Waals surface area contributed by atoms with E-state index in [1.54, 1.807) is 0 Å². The van der Waals surface area contributed by atoms with Crippen molar-refractivity contribution < 1.29 is 5.11 Å². The predicted octanol–water partition coefficient (Wildman–Crippen LogP) is 3.76. The van der Waals surface area contributed by atoms with Crippen LogP contribution in [0, 0.1) is 5.92 Å². The van der Waals surface area contributed by atoms with Crippen LogP contribution < -0.4 is 0 Å². The molecule has 0 unspecified atom stereocenters. The highest BCUT2D eigenvalue weighted by Gasteiger charge is 2.11. The number of aliphatic hydroxyl groups is 1. The first-order valence-electron chi connectivity index (χ1n) is 5.88. The number of rotatable bonds is 4. The van der Waals surface area contributed by atoms with Gasteiger partial charge in [0.05, 0.1) is 0 Å². The van der Waals surface area contributed by atoms with Gasteiger partial charge in [0.15, 0.2) is 0 Å². The van der Waals surface area contributed by atoms with Crippen molar-refractivity contribution in [3.63, 3.8) is 0 Å². The molecule has 1 rings (SSSR count). The Kier molecular flexibility index (Phi) is 10.0. The van der Waals surface area contributed by atoms with E-state index in [1.165, 1.54) is 57.8 Å². The van der Waals surface area contributed by atoms with Crippen LogP contribution in [-0.2, 0) is 0 Å². The molecule has 0 bridgehead atoms. The summed E-state index contributed by atoms with van der Waals surface area (Å²) in [5, 5.41) is 7.00. The van der Waals surface area contributed by atoms with Gasteiger partial charge in [0.1, 0.15) is 0 Å². The summed E-state index contributed by atoms with van der Waals surface area (Å²) in [6, 6.07) is 0. The van der Waals surface area contributed by atoms with Crippen LogP contribution in [0.3, 0.4) is 0 Å². The van der Waals surface area contributed by atoms with Gasteiger partial charge in [-0.2, -0.15) is 0 Å². The topological polar surface area (TPSA) is 20.2 Å². The van der Waals surface area contributed by atoms with E-state index in [4.69, 9.17) is 5.11 Å². The third kappa shape index (κ3) is 7.06. The zero-order valence-corrected chi connectivity index (χ0v) is 9.39. The van der Waals surface area contributed by atoms with Crippen LogP contribution in [0.2, 0.25) is 0 Å². The van der Waals surface area contributed by atoms with E-state index in [1.807, 2.05) is 0 Å². The molecular weight excluding hydrogens is 160 g/mol. The Labute approximate surface area is 83.5 Å². The molecule has 0 spiro atoms. The van der Waals surface area contributed by atoms with Crippen LogP contribution >= 0.6 is 0 Å². The molecule has 0 saturated heterocycles. The minimum absolute atomic E-state index is 1.00. The second kappa shape index (κ2) is 10.0. The maximum absolute atomic E-state index is 7.00. The molecule has 0 aliphatic heterocycles. The third-order valence-electron chi connectivity index (χ3n) is 2.94. The highest BCUT2D eigenvalue weighted by atomic mass is 16.2. The smallest absolute Gasteiger partial charge is 0.0319 e. The monoisotopic (exact) mass is 186 g/mol. The molecule has 0 heterocycles. The van der Waals surface area contributed by atoms with Gasteiger partial charge < -0.3 is 5.11 Å². The lowest BCUT2D eigenvalue weighted by Gasteiger charge is -2.20. The Morgan fingerprint density at radius 1 is 1.00 bits per heavy atom. The average Bonchev–Trinajstić information content (AvgIpc) is 2.23. The molecular formula is C12H26O. The highest BCUT2D eigenvalue weighted by molar-refractivity contribution is 4.65. The van der Waals surface area contributed by atoms with Gasteiger partial charge in [0.2, 0.25) is 0 Å². The van der Waals surface area contributed by atoms with Crippen molar-refractivity contribution in [1.82, 2.24) is 0 Å². The summed E-state index contributed by atoms with van der Waals surface area (Å²) in [6.45, 7) is 2.29. The third-order valence-corrected chi connectivity index (χ3v) is 2.94. The maximum atomic E-state index is 7.00. The normalized spacial score (nSPS) is 17.8. The summed E-state index contributed by atoms with van der Waals surface area (Å²) in [5.41, 5.74) is 0. The SMILES string of the molecule is CCCCCC1CCCCC1.CO. The van der Waals surface area contributed by atoms with E-state index in [-0.39, 0.29) is 0 Å². The molecule has 0 aromatic rings. The maximum Gasteiger partial charge on any atom is 0.0319 e. The van der Waals surface area contributed by atoms with Gasteiger partial charge in [-0.3, -0.25) is 0 Å². The molecule has 0 aromatic carbocycles. The number of aliphatic hydroxyl groups excluding tert-OH is 1. The van der Waals surface area contributed by atoms with Crippen molar-refractivity contribution in [3.8, 4) is 0 Å². The van der Waals surface area contributed by atoms with E-state index in [0.29, 0.717) is 0 Å². The van der Waals surface area contributed by atoms with Crippen molar-refractivity contribution in [2.75, 3.05) is 7.11 Å². The molecule has 1 nitrogen and oxygen atoms in total. The van der Waals surface area contributed by atoms with E-state index in [2.05, 4.69) is 6.92 Å². The van der Waals surface area contributed by atoms with Gasteiger partial charge in [0, 0.05) is 7.11 Å². The minimum atomic E-state index is 1.00. The van der Waals surface area contributed by atoms with E-state index in [0.717, 1.165) is 13.0 Å². The van der Waals surface area contributed by atoms with E-state index in [9.17, 15) is 0 Å². The van der Waals surface area contributed by atoms with Gasteiger partial charge in [0.25, 0.3) is 0 Å². The van der Waals surface area contributed by atoms with Gasteiger partial charge in [-0.25, -0.2) is 0 Å². The zero-order chi connectivity index (χ0) is 9.94. The Hall–Kier alpha value is -0.0400. The molecule has 1 N–H and O–H groups in total. The van der Waals surface area contributed by atoms with E-state index < -0.39 is 0 Å². The zero-order valence-electron chi connectivity index (χ0n) is 9.39. The summed E-state index contributed by atoms with van der Waals surface area (Å²) in [4.78, 5) is 0. The van der Waals surface area contributed by atoms with Crippen molar-refractivity contribution in [1.29, 1.82) is 0 Å². The van der Waals surface area contributed by atoms with Gasteiger partial charge in [-0.1, -0.05) is 64.7 Å². The van der Waals surface area contributed by atoms with Crippen LogP contribution in [0.4, 0.5) is 0 Å². The van der Waals surface area contributed by atoms with Gasteiger partial charge in [-0.15, -0.1) is 0 Å². The fourth-order valence-electron chi connectivity index (χ4n) is 2.16. The molecule has 1 heteroatoms. The van der Waals surface area contributed by atoms with Gasteiger partial charge in [-0.05, 0) is 5.92 Å². The van der Waals surface area contributed by atoms with Crippen molar-refractivity contribution >= 4 is 0 Å². The molecule has 1 saturated carbocycles. The Morgan fingerprint density at radius 2 is 1.62 bits per heavy atom. The molecule has 0 aromatic heterocycles. The van der Waals surface area contributed by atoms with Crippen molar-refractivity contribution in [2.24, 2.45) is 5.92 Å². The van der Waals surface area contributed by atoms with E-state index >= 15 is 0 Å². The van der Waals surface area contributed by atoms with Gasteiger partial charge >= 0.3 is 0 Å². The first-order chi connectivity index (χ1) is 6.43. The van der Waals surface area contributed by atoms with Crippen LogP contribution in [0.5, 0.6) is 0 Å². The van der Waals surface area contributed by atoms with Crippen LogP contribution in [0.25, 0.3) is 0 Å². The number of hydrogen-bond donors (Lipinski definition) is 1. The lowest BCUT2D eigenvalue weighted by atomic mass is 9.86. The summed E-state index contributed by atoms with van der Waals surface area (Å²) < 4.78 is 0. The van der Waals surface area contributed by atoms with Crippen LogP contribution in [0.15, 0.2) is 0 Å². The lowest BCUT2D eigenvalue weighted by Crippen LogP contribution is -2.05. The molecule has 1 aliphatic rings. The summed E-state index contributed by atoms with van der Waals surface area (Å²) >= 11 is 0. The second-order valence-electron chi connectivity index (χ2n) is 4.00. The predicted molar refractivity (Wildman–Crippen MR) is 58.9 cm³/mol. The average molecular weight is 186 g/mol. The molecule has 1 fully saturated rings. The highest BCUT2D eigenvalue weighted by Crippen LogP contribution is 2.27. The first kappa shape index (κ1) is 13.0. The quantitative estimate of drug-likeness (QED) is 0.663. The molecule has 0 amide bonds. The summed E-state index contributed by atoms with van der Waals surface area (Å²) in [5.74, 6) is 1.11. The largest absolute Gasteiger partial charge is 0.400 e. The Balaban J connectivity index is 0.000000671. The first-order valence-corrected chi connectivity index (χ1v) is 5.88. The molecule has 0 radical (unpaired) electrons. The molecule has 13 heavy (non-hydrogen) atoms. The number of unbranched alkanes of at least 4 members (excludes halogenated alkanes) is 2. The Bertz CT molecular complexity index is 85.1. The molecule has 80 valence electrons. The summed E-state index contributed by atoms with van der Waals surface area (Å²) in [6.07, 6.45) is 13.4. The van der Waals surface area contributed by atoms with Crippen molar-refractivity contribution in [3.05, 3.63) is 0 Å². The lowest BCUT2D eigenvalue weighted by molar-refractivity contribution is 0.329. The Morgan fingerprint density at radius 3 is 2.15 bits per heavy atom. The fourth-order valence-corrected chi connectivity index (χ4v) is 2.16. The number of hydrogen-bond acceptors (Lipinski definition) is 1. The molecule has 1 aliphatic carbocycles. The van der Waals surface area contributed by atoms with Crippen molar-refractivity contribution in [2.45, 2.75) is 64.7 Å². The summed E-state index contributed by atoms with van der Waals surface area (Å²) in [7, 11) is 1.00. The fraction of sp³-hybridized carbons (Fsp3) is 1.00. The standard InChI is InChI=1S/C11H22.CH4O/c1-2-3-5-8-11-9-6-4-7-10-11;1-2/h11H,2-10H2,1H3;2H,1H3. The minimum Gasteiger partial charge on any atom is -0.400 e. The molecule has 0 atom stereocenters.